The van der Waals surface area contributed by atoms with Gasteiger partial charge in [-0.05, 0) is 45.3 Å². The zero-order valence-electron chi connectivity index (χ0n) is 12.1. The first kappa shape index (κ1) is 14.0. The lowest BCUT2D eigenvalue weighted by molar-refractivity contribution is 0.475. The number of rotatable bonds is 2. The van der Waals surface area contributed by atoms with Crippen LogP contribution < -0.4 is 0 Å². The van der Waals surface area contributed by atoms with Crippen molar-refractivity contribution >= 4 is 27.0 Å². The van der Waals surface area contributed by atoms with E-state index >= 15 is 0 Å². The molecule has 0 saturated heterocycles. The van der Waals surface area contributed by atoms with Crippen molar-refractivity contribution in [3.63, 3.8) is 0 Å². The van der Waals surface area contributed by atoms with E-state index in [-0.39, 0.29) is 5.75 Å². The van der Waals surface area contributed by atoms with Crippen LogP contribution >= 0.6 is 15.9 Å². The van der Waals surface area contributed by atoms with Crippen LogP contribution in [0.15, 0.2) is 71.3 Å². The van der Waals surface area contributed by atoms with Gasteiger partial charge in [0.15, 0.2) is 0 Å². The summed E-state index contributed by atoms with van der Waals surface area (Å²) in [5, 5.41) is 10.6. The molecule has 0 aliphatic heterocycles. The first-order valence-corrected chi connectivity index (χ1v) is 8.04. The molecule has 3 nitrogen and oxygen atoms in total. The molecule has 0 fully saturated rings. The van der Waals surface area contributed by atoms with Gasteiger partial charge < -0.3 is 10.1 Å². The second kappa shape index (κ2) is 5.56. The van der Waals surface area contributed by atoms with E-state index in [4.69, 9.17) is 0 Å². The molecule has 0 radical (unpaired) electrons. The maximum Gasteiger partial charge on any atom is 0.138 e. The van der Waals surface area contributed by atoms with Crippen molar-refractivity contribution in [2.24, 2.45) is 0 Å². The number of aromatic amines is 1. The third-order valence-corrected chi connectivity index (χ3v) is 4.27. The maximum absolute atomic E-state index is 9.57. The molecule has 0 saturated carbocycles. The highest BCUT2D eigenvalue weighted by Crippen LogP contribution is 2.38. The minimum Gasteiger partial charge on any atom is -0.508 e. The van der Waals surface area contributed by atoms with Crippen molar-refractivity contribution in [3.8, 4) is 28.1 Å². The molecule has 112 valence electrons. The number of nitrogens with zero attached hydrogens (tertiary/aromatic N) is 1. The Labute approximate surface area is 141 Å². The molecule has 0 aliphatic carbocycles. The molecule has 4 heteroatoms. The molecule has 2 heterocycles. The SMILES string of the molecule is Oc1ccc(-c2c(-c3ccccc3)[nH]c3ncc(Br)cc23)cc1. The second-order valence-corrected chi connectivity index (χ2v) is 6.25. The lowest BCUT2D eigenvalue weighted by Gasteiger charge is -2.06. The van der Waals surface area contributed by atoms with E-state index in [0.717, 1.165) is 37.9 Å². The number of hydrogen-bond donors (Lipinski definition) is 2. The number of aromatic nitrogens is 2. The van der Waals surface area contributed by atoms with E-state index in [9.17, 15) is 5.11 Å². The van der Waals surface area contributed by atoms with Gasteiger partial charge in [0.25, 0.3) is 0 Å². The van der Waals surface area contributed by atoms with Crippen LogP contribution in [0.25, 0.3) is 33.4 Å². The highest BCUT2D eigenvalue weighted by molar-refractivity contribution is 9.10. The summed E-state index contributed by atoms with van der Waals surface area (Å²) in [4.78, 5) is 7.91. The van der Waals surface area contributed by atoms with Crippen molar-refractivity contribution in [3.05, 3.63) is 71.3 Å². The van der Waals surface area contributed by atoms with Crippen LogP contribution in [0.5, 0.6) is 5.75 Å². The van der Waals surface area contributed by atoms with Gasteiger partial charge >= 0.3 is 0 Å². The van der Waals surface area contributed by atoms with Crippen LogP contribution in [0.4, 0.5) is 0 Å². The fourth-order valence-electron chi connectivity index (χ4n) is 2.79. The molecule has 4 aromatic rings. The van der Waals surface area contributed by atoms with Gasteiger partial charge in [-0.15, -0.1) is 0 Å². The quantitative estimate of drug-likeness (QED) is 0.502. The Balaban J connectivity index is 2.06. The average molecular weight is 365 g/mol. The number of hydrogen-bond acceptors (Lipinski definition) is 2. The Hall–Kier alpha value is -2.59. The second-order valence-electron chi connectivity index (χ2n) is 5.34. The van der Waals surface area contributed by atoms with E-state index < -0.39 is 0 Å². The van der Waals surface area contributed by atoms with Crippen molar-refractivity contribution in [1.29, 1.82) is 0 Å². The summed E-state index contributed by atoms with van der Waals surface area (Å²) >= 11 is 3.50. The molecule has 0 aliphatic rings. The highest BCUT2D eigenvalue weighted by Gasteiger charge is 2.16. The van der Waals surface area contributed by atoms with Gasteiger partial charge in [0, 0.05) is 21.6 Å². The summed E-state index contributed by atoms with van der Waals surface area (Å²) in [7, 11) is 0. The van der Waals surface area contributed by atoms with E-state index in [1.807, 2.05) is 30.3 Å². The number of H-pyrrole nitrogens is 1. The van der Waals surface area contributed by atoms with Crippen LogP contribution in [0.3, 0.4) is 0 Å². The van der Waals surface area contributed by atoms with Crippen molar-refractivity contribution in [2.75, 3.05) is 0 Å². The standard InChI is InChI=1S/C19H13BrN2O/c20-14-10-16-17(12-6-8-15(23)9-7-12)18(22-19(16)21-11-14)13-4-2-1-3-5-13/h1-11,23H,(H,21,22). The lowest BCUT2D eigenvalue weighted by Crippen LogP contribution is -1.82. The fraction of sp³-hybridized carbons (Fsp3) is 0. The third kappa shape index (κ3) is 2.51. The van der Waals surface area contributed by atoms with E-state index in [1.54, 1.807) is 18.3 Å². The van der Waals surface area contributed by atoms with Gasteiger partial charge in [-0.25, -0.2) is 4.98 Å². The molecule has 0 spiro atoms. The Morgan fingerprint density at radius 2 is 1.65 bits per heavy atom. The monoisotopic (exact) mass is 364 g/mol. The summed E-state index contributed by atoms with van der Waals surface area (Å²) in [6.45, 7) is 0. The summed E-state index contributed by atoms with van der Waals surface area (Å²) in [5.41, 5.74) is 5.09. The van der Waals surface area contributed by atoms with Gasteiger partial charge in [-0.3, -0.25) is 0 Å². The first-order valence-electron chi connectivity index (χ1n) is 7.24. The molecule has 0 unspecified atom stereocenters. The summed E-state index contributed by atoms with van der Waals surface area (Å²) < 4.78 is 0.934. The molecule has 0 bridgehead atoms. The zero-order chi connectivity index (χ0) is 15.8. The zero-order valence-corrected chi connectivity index (χ0v) is 13.7. The molecule has 23 heavy (non-hydrogen) atoms. The molecule has 2 N–H and O–H groups in total. The fourth-order valence-corrected chi connectivity index (χ4v) is 3.13. The van der Waals surface area contributed by atoms with E-state index in [0.29, 0.717) is 0 Å². The van der Waals surface area contributed by atoms with Crippen molar-refractivity contribution < 1.29 is 5.11 Å². The minimum absolute atomic E-state index is 0.258. The number of phenols is 1. The first-order chi connectivity index (χ1) is 11.2. The predicted molar refractivity (Wildman–Crippen MR) is 96.3 cm³/mol. The molecule has 2 aromatic carbocycles. The van der Waals surface area contributed by atoms with Gasteiger partial charge in [-0.1, -0.05) is 42.5 Å². The predicted octanol–water partition coefficient (Wildman–Crippen LogP) is 5.37. The number of halogens is 1. The molecular formula is C19H13BrN2O. The molecule has 0 amide bonds. The van der Waals surface area contributed by atoms with Gasteiger partial charge in [0.05, 0.1) is 5.69 Å². The average Bonchev–Trinajstić information content (AvgIpc) is 2.95. The lowest BCUT2D eigenvalue weighted by atomic mass is 9.99. The van der Waals surface area contributed by atoms with Crippen LogP contribution in [-0.4, -0.2) is 15.1 Å². The van der Waals surface area contributed by atoms with Crippen LogP contribution in [-0.2, 0) is 0 Å². The Bertz CT molecular complexity index is 976. The number of fused-ring (bicyclic) bond motifs is 1. The number of phenolic OH excluding ortho intramolecular Hbond substituents is 1. The Morgan fingerprint density at radius 1 is 0.913 bits per heavy atom. The largest absolute Gasteiger partial charge is 0.508 e. The minimum atomic E-state index is 0.258. The van der Waals surface area contributed by atoms with Crippen LogP contribution in [0, 0.1) is 0 Å². The molecule has 4 rings (SSSR count). The maximum atomic E-state index is 9.57. The van der Waals surface area contributed by atoms with Crippen molar-refractivity contribution in [2.45, 2.75) is 0 Å². The number of pyridine rings is 1. The number of benzene rings is 2. The summed E-state index contributed by atoms with van der Waals surface area (Å²) in [6.07, 6.45) is 1.79. The molecule has 0 atom stereocenters. The van der Waals surface area contributed by atoms with E-state index in [1.165, 1.54) is 0 Å². The molecule has 2 aromatic heterocycles. The van der Waals surface area contributed by atoms with E-state index in [2.05, 4.69) is 44.1 Å². The van der Waals surface area contributed by atoms with Crippen molar-refractivity contribution in [1.82, 2.24) is 9.97 Å². The van der Waals surface area contributed by atoms with Gasteiger partial charge in [0.2, 0.25) is 0 Å². The number of nitrogens with one attached hydrogen (secondary N) is 1. The van der Waals surface area contributed by atoms with Crippen LogP contribution in [0.2, 0.25) is 0 Å². The normalized spacial score (nSPS) is 11.0. The summed E-state index contributed by atoms with van der Waals surface area (Å²) in [6, 6.07) is 19.5. The van der Waals surface area contributed by atoms with Crippen LogP contribution in [0.1, 0.15) is 0 Å². The Kier molecular flexibility index (Phi) is 3.39. The molecular weight excluding hydrogens is 352 g/mol. The smallest absolute Gasteiger partial charge is 0.138 e. The topological polar surface area (TPSA) is 48.9 Å². The van der Waals surface area contributed by atoms with Gasteiger partial charge in [-0.2, -0.15) is 0 Å². The summed E-state index contributed by atoms with van der Waals surface area (Å²) in [5.74, 6) is 0.258. The third-order valence-electron chi connectivity index (χ3n) is 3.84. The number of aromatic hydroxyl groups is 1. The van der Waals surface area contributed by atoms with Gasteiger partial charge in [0.1, 0.15) is 11.4 Å². The highest BCUT2D eigenvalue weighted by atomic mass is 79.9. The Morgan fingerprint density at radius 3 is 2.39 bits per heavy atom.